The predicted molar refractivity (Wildman–Crippen MR) is 81.5 cm³/mol. The lowest BCUT2D eigenvalue weighted by molar-refractivity contribution is 0.388. The Morgan fingerprint density at radius 2 is 1.71 bits per heavy atom. The lowest BCUT2D eigenvalue weighted by atomic mass is 10.3. The zero-order valence-corrected chi connectivity index (χ0v) is 13.8. The Balaban J connectivity index is 2.43. The van der Waals surface area contributed by atoms with Crippen LogP contribution in [-0.4, -0.2) is 22.6 Å². The van der Waals surface area contributed by atoms with E-state index >= 15 is 0 Å². The van der Waals surface area contributed by atoms with Crippen molar-refractivity contribution < 1.29 is 22.1 Å². The van der Waals surface area contributed by atoms with E-state index in [1.807, 2.05) is 0 Å². The third-order valence-corrected chi connectivity index (χ3v) is 4.40. The molecule has 0 fully saturated rings. The molecule has 0 saturated heterocycles. The van der Waals surface area contributed by atoms with Crippen LogP contribution >= 0.6 is 15.9 Å². The predicted octanol–water partition coefficient (Wildman–Crippen LogP) is 3.23. The highest BCUT2D eigenvalue weighted by molar-refractivity contribution is 9.10. The minimum atomic E-state index is -4.03. The third kappa shape index (κ3) is 3.68. The molecule has 2 aromatic carbocycles. The van der Waals surface area contributed by atoms with Gasteiger partial charge >= 0.3 is 10.1 Å². The first kappa shape index (κ1) is 15.7. The van der Waals surface area contributed by atoms with Crippen molar-refractivity contribution in [1.82, 2.24) is 0 Å². The molecule has 0 saturated carbocycles. The van der Waals surface area contributed by atoms with Crippen molar-refractivity contribution >= 4 is 26.0 Å². The molecule has 0 unspecified atom stereocenters. The molecule has 0 aliphatic heterocycles. The first-order valence-corrected chi connectivity index (χ1v) is 8.08. The molecule has 21 heavy (non-hydrogen) atoms. The second-order valence-electron chi connectivity index (χ2n) is 4.01. The van der Waals surface area contributed by atoms with Gasteiger partial charge in [0, 0.05) is 10.5 Å². The molecule has 0 aliphatic carbocycles. The molecule has 0 heterocycles. The number of halogens is 1. The average Bonchev–Trinajstić information content (AvgIpc) is 2.46. The third-order valence-electron chi connectivity index (χ3n) is 2.64. The number of benzene rings is 2. The van der Waals surface area contributed by atoms with E-state index in [4.69, 9.17) is 13.7 Å². The van der Waals surface area contributed by atoms with Crippen LogP contribution in [0.4, 0.5) is 0 Å². The molecule has 0 aromatic heterocycles. The molecule has 0 atom stereocenters. The summed E-state index contributed by atoms with van der Waals surface area (Å²) in [7, 11) is -1.19. The van der Waals surface area contributed by atoms with Crippen molar-refractivity contribution in [2.45, 2.75) is 4.90 Å². The topological polar surface area (TPSA) is 61.8 Å². The summed E-state index contributed by atoms with van der Waals surface area (Å²) in [6.07, 6.45) is 0. The number of hydrogen-bond acceptors (Lipinski definition) is 5. The maximum absolute atomic E-state index is 12.4. The molecular formula is C14H13BrO5S. The largest absolute Gasteiger partial charge is 0.497 e. The second kappa shape index (κ2) is 6.36. The minimum Gasteiger partial charge on any atom is -0.497 e. The smallest absolute Gasteiger partial charge is 0.343 e. The fourth-order valence-electron chi connectivity index (χ4n) is 1.67. The molecule has 112 valence electrons. The SMILES string of the molecule is COc1ccc(OC)c(S(=O)(=O)Oc2cccc(Br)c2)c1. The normalized spacial score (nSPS) is 11.0. The van der Waals surface area contributed by atoms with Crippen LogP contribution in [0.15, 0.2) is 51.8 Å². The van der Waals surface area contributed by atoms with Crippen LogP contribution in [0.5, 0.6) is 17.2 Å². The number of ether oxygens (including phenoxy) is 2. The lowest BCUT2D eigenvalue weighted by Gasteiger charge is -2.12. The first-order chi connectivity index (χ1) is 9.96. The average molecular weight is 373 g/mol. The summed E-state index contributed by atoms with van der Waals surface area (Å²) in [5.74, 6) is 0.785. The van der Waals surface area contributed by atoms with Crippen molar-refractivity contribution in [3.63, 3.8) is 0 Å². The van der Waals surface area contributed by atoms with Crippen LogP contribution in [0.1, 0.15) is 0 Å². The Morgan fingerprint density at radius 3 is 2.33 bits per heavy atom. The van der Waals surface area contributed by atoms with Gasteiger partial charge in [-0.2, -0.15) is 8.42 Å². The van der Waals surface area contributed by atoms with Gasteiger partial charge < -0.3 is 13.7 Å². The molecule has 2 aromatic rings. The summed E-state index contributed by atoms with van der Waals surface area (Å²) in [5, 5.41) is 0. The highest BCUT2D eigenvalue weighted by atomic mass is 79.9. The molecule has 0 aliphatic rings. The number of rotatable bonds is 5. The van der Waals surface area contributed by atoms with Gasteiger partial charge in [-0.15, -0.1) is 0 Å². The summed E-state index contributed by atoms with van der Waals surface area (Å²) >= 11 is 3.26. The Kier molecular flexibility index (Phi) is 4.74. The number of methoxy groups -OCH3 is 2. The first-order valence-electron chi connectivity index (χ1n) is 5.88. The van der Waals surface area contributed by atoms with Crippen LogP contribution in [0.3, 0.4) is 0 Å². The number of hydrogen-bond donors (Lipinski definition) is 0. The monoisotopic (exact) mass is 372 g/mol. The molecule has 0 spiro atoms. The van der Waals surface area contributed by atoms with Crippen molar-refractivity contribution in [2.24, 2.45) is 0 Å². The fraction of sp³-hybridized carbons (Fsp3) is 0.143. The van der Waals surface area contributed by atoms with Gasteiger partial charge in [-0.25, -0.2) is 0 Å². The van der Waals surface area contributed by atoms with Gasteiger partial charge in [0.15, 0.2) is 4.90 Å². The van der Waals surface area contributed by atoms with Crippen molar-refractivity contribution in [2.75, 3.05) is 14.2 Å². The maximum atomic E-state index is 12.4. The van der Waals surface area contributed by atoms with Crippen LogP contribution in [0.2, 0.25) is 0 Å². The summed E-state index contributed by atoms with van der Waals surface area (Å²) in [6, 6.07) is 11.0. The van der Waals surface area contributed by atoms with E-state index in [0.29, 0.717) is 10.2 Å². The Hall–Kier alpha value is -1.73. The Labute approximate surface area is 131 Å². The maximum Gasteiger partial charge on any atom is 0.343 e. The van der Waals surface area contributed by atoms with E-state index < -0.39 is 10.1 Å². The van der Waals surface area contributed by atoms with Gasteiger partial charge in [0.25, 0.3) is 0 Å². The van der Waals surface area contributed by atoms with Gasteiger partial charge in [0.05, 0.1) is 14.2 Å². The van der Waals surface area contributed by atoms with Crippen LogP contribution < -0.4 is 13.7 Å². The molecule has 5 nitrogen and oxygen atoms in total. The molecule has 0 amide bonds. The van der Waals surface area contributed by atoms with Crippen molar-refractivity contribution in [3.05, 3.63) is 46.9 Å². The van der Waals surface area contributed by atoms with E-state index in [2.05, 4.69) is 15.9 Å². The zero-order valence-electron chi connectivity index (χ0n) is 11.4. The molecule has 0 bridgehead atoms. The Bertz CT molecular complexity index is 743. The van der Waals surface area contributed by atoms with Gasteiger partial charge in [0.1, 0.15) is 17.2 Å². The van der Waals surface area contributed by atoms with Crippen LogP contribution in [0, 0.1) is 0 Å². The van der Waals surface area contributed by atoms with Gasteiger partial charge in [0.2, 0.25) is 0 Å². The van der Waals surface area contributed by atoms with E-state index in [1.54, 1.807) is 30.3 Å². The van der Waals surface area contributed by atoms with Crippen LogP contribution in [-0.2, 0) is 10.1 Å². The highest BCUT2D eigenvalue weighted by Gasteiger charge is 2.23. The second-order valence-corrected chi connectivity index (χ2v) is 6.44. The quantitative estimate of drug-likeness (QED) is 0.753. The minimum absolute atomic E-state index is 0.0932. The Morgan fingerprint density at radius 1 is 0.952 bits per heavy atom. The summed E-state index contributed by atoms with van der Waals surface area (Å²) in [5.41, 5.74) is 0. The van der Waals surface area contributed by atoms with Gasteiger partial charge in [-0.3, -0.25) is 0 Å². The van der Waals surface area contributed by atoms with Crippen molar-refractivity contribution in [1.29, 1.82) is 0 Å². The molecule has 7 heteroatoms. The standard InChI is InChI=1S/C14H13BrO5S/c1-18-11-6-7-13(19-2)14(9-11)21(16,17)20-12-5-3-4-10(15)8-12/h3-9H,1-2H3. The lowest BCUT2D eigenvalue weighted by Crippen LogP contribution is -2.11. The molecule has 0 radical (unpaired) electrons. The molecule has 0 N–H and O–H groups in total. The van der Waals surface area contributed by atoms with Crippen molar-refractivity contribution in [3.8, 4) is 17.2 Å². The van der Waals surface area contributed by atoms with E-state index in [-0.39, 0.29) is 16.4 Å². The van der Waals surface area contributed by atoms with Gasteiger partial charge in [-0.1, -0.05) is 22.0 Å². The zero-order chi connectivity index (χ0) is 15.5. The molecule has 2 rings (SSSR count). The molecular weight excluding hydrogens is 360 g/mol. The fourth-order valence-corrected chi connectivity index (χ4v) is 3.15. The highest BCUT2D eigenvalue weighted by Crippen LogP contribution is 2.31. The van der Waals surface area contributed by atoms with E-state index in [1.165, 1.54) is 26.4 Å². The summed E-state index contributed by atoms with van der Waals surface area (Å²) < 4.78 is 40.7. The van der Waals surface area contributed by atoms with Crippen LogP contribution in [0.25, 0.3) is 0 Å². The van der Waals surface area contributed by atoms with Gasteiger partial charge in [-0.05, 0) is 30.3 Å². The van der Waals surface area contributed by atoms with E-state index in [9.17, 15) is 8.42 Å². The van der Waals surface area contributed by atoms with E-state index in [0.717, 1.165) is 0 Å². The summed E-state index contributed by atoms with van der Waals surface area (Å²) in [4.78, 5) is -0.0932. The summed E-state index contributed by atoms with van der Waals surface area (Å²) in [6.45, 7) is 0.